The summed E-state index contributed by atoms with van der Waals surface area (Å²) in [6.45, 7) is 4.24. The molecule has 118 valence electrons. The summed E-state index contributed by atoms with van der Waals surface area (Å²) in [5, 5.41) is 0. The summed E-state index contributed by atoms with van der Waals surface area (Å²) in [4.78, 5) is 12.4. The second-order valence-electron chi connectivity index (χ2n) is 6.25. The molecule has 0 N–H and O–H groups in total. The van der Waals surface area contributed by atoms with Gasteiger partial charge in [0, 0.05) is 5.41 Å². The molecule has 0 bridgehead atoms. The standard InChI is InChI=1S/C20H20O3/c1-20(2)13-17(20)18(14-9-11-16(22-3)12-10-14)23-19(21)15-7-5-4-6-8-15/h4-13,18H,1-3H3. The highest BCUT2D eigenvalue weighted by Gasteiger charge is 2.41. The van der Waals surface area contributed by atoms with Crippen LogP contribution in [-0.2, 0) is 4.74 Å². The smallest absolute Gasteiger partial charge is 0.339 e. The van der Waals surface area contributed by atoms with Gasteiger partial charge in [0.1, 0.15) is 11.9 Å². The highest BCUT2D eigenvalue weighted by Crippen LogP contribution is 2.51. The van der Waals surface area contributed by atoms with Crippen LogP contribution in [0.2, 0.25) is 0 Å². The van der Waals surface area contributed by atoms with E-state index in [1.165, 1.54) is 0 Å². The fourth-order valence-electron chi connectivity index (χ4n) is 2.61. The number of carbonyl (C=O) groups excluding carboxylic acids is 1. The van der Waals surface area contributed by atoms with E-state index in [0.29, 0.717) is 5.56 Å². The highest BCUT2D eigenvalue weighted by molar-refractivity contribution is 5.89. The van der Waals surface area contributed by atoms with Gasteiger partial charge in [-0.2, -0.15) is 0 Å². The van der Waals surface area contributed by atoms with Crippen molar-refractivity contribution < 1.29 is 14.3 Å². The molecular weight excluding hydrogens is 288 g/mol. The first kappa shape index (κ1) is 15.3. The molecule has 0 aliphatic heterocycles. The molecule has 3 nitrogen and oxygen atoms in total. The maximum Gasteiger partial charge on any atom is 0.339 e. The largest absolute Gasteiger partial charge is 0.497 e. The average molecular weight is 308 g/mol. The number of rotatable bonds is 5. The third-order valence-electron chi connectivity index (χ3n) is 4.11. The molecule has 3 rings (SSSR count). The van der Waals surface area contributed by atoms with Gasteiger partial charge in [0.15, 0.2) is 0 Å². The summed E-state index contributed by atoms with van der Waals surface area (Å²) in [5.74, 6) is 0.473. The van der Waals surface area contributed by atoms with Crippen molar-refractivity contribution in [2.75, 3.05) is 7.11 Å². The van der Waals surface area contributed by atoms with Gasteiger partial charge < -0.3 is 9.47 Å². The van der Waals surface area contributed by atoms with Gasteiger partial charge >= 0.3 is 5.97 Å². The van der Waals surface area contributed by atoms with Gasteiger partial charge in [0.2, 0.25) is 0 Å². The molecule has 0 amide bonds. The molecule has 0 spiro atoms. The summed E-state index contributed by atoms with van der Waals surface area (Å²) in [5.41, 5.74) is 2.64. The van der Waals surface area contributed by atoms with Crippen molar-refractivity contribution in [2.24, 2.45) is 5.41 Å². The third-order valence-corrected chi connectivity index (χ3v) is 4.11. The van der Waals surface area contributed by atoms with Crippen molar-refractivity contribution in [3.05, 3.63) is 77.4 Å². The fourth-order valence-corrected chi connectivity index (χ4v) is 2.61. The lowest BCUT2D eigenvalue weighted by Crippen LogP contribution is -2.13. The van der Waals surface area contributed by atoms with Crippen LogP contribution in [0, 0.1) is 5.41 Å². The average Bonchev–Trinajstić information content (AvgIpc) is 3.21. The molecule has 0 fully saturated rings. The van der Waals surface area contributed by atoms with Crippen LogP contribution in [0.15, 0.2) is 66.2 Å². The fraction of sp³-hybridized carbons (Fsp3) is 0.250. The van der Waals surface area contributed by atoms with Gasteiger partial charge in [0.05, 0.1) is 12.7 Å². The summed E-state index contributed by atoms with van der Waals surface area (Å²) in [6, 6.07) is 16.7. The molecule has 23 heavy (non-hydrogen) atoms. The number of hydrogen-bond donors (Lipinski definition) is 0. The molecule has 1 unspecified atom stereocenters. The number of hydrogen-bond acceptors (Lipinski definition) is 3. The van der Waals surface area contributed by atoms with E-state index in [0.717, 1.165) is 16.9 Å². The quantitative estimate of drug-likeness (QED) is 0.600. The molecule has 0 saturated carbocycles. The van der Waals surface area contributed by atoms with E-state index in [-0.39, 0.29) is 17.5 Å². The number of esters is 1. The summed E-state index contributed by atoms with van der Waals surface area (Å²) in [7, 11) is 1.63. The summed E-state index contributed by atoms with van der Waals surface area (Å²) >= 11 is 0. The van der Waals surface area contributed by atoms with Crippen molar-refractivity contribution in [1.82, 2.24) is 0 Å². The van der Waals surface area contributed by atoms with E-state index in [9.17, 15) is 4.79 Å². The second-order valence-corrected chi connectivity index (χ2v) is 6.25. The molecule has 0 aromatic heterocycles. The van der Waals surface area contributed by atoms with E-state index in [2.05, 4.69) is 19.9 Å². The lowest BCUT2D eigenvalue weighted by molar-refractivity contribution is 0.0367. The summed E-state index contributed by atoms with van der Waals surface area (Å²) in [6.07, 6.45) is 1.78. The molecule has 1 aliphatic carbocycles. The normalized spacial score (nSPS) is 16.2. The Morgan fingerprint density at radius 2 is 1.61 bits per heavy atom. The lowest BCUT2D eigenvalue weighted by Gasteiger charge is -2.19. The minimum absolute atomic E-state index is 0.00155. The van der Waals surface area contributed by atoms with Crippen molar-refractivity contribution in [3.63, 3.8) is 0 Å². The van der Waals surface area contributed by atoms with Crippen LogP contribution in [0.3, 0.4) is 0 Å². The Kier molecular flexibility index (Phi) is 3.95. The molecule has 2 aromatic carbocycles. The molecule has 0 heterocycles. The molecule has 0 radical (unpaired) electrons. The maximum absolute atomic E-state index is 12.4. The van der Waals surface area contributed by atoms with E-state index >= 15 is 0 Å². The Morgan fingerprint density at radius 3 is 2.13 bits per heavy atom. The Labute approximate surface area is 136 Å². The monoisotopic (exact) mass is 308 g/mol. The molecule has 1 atom stereocenters. The zero-order chi connectivity index (χ0) is 16.4. The Hall–Kier alpha value is -2.55. The zero-order valence-electron chi connectivity index (χ0n) is 13.6. The van der Waals surface area contributed by atoms with Crippen LogP contribution < -0.4 is 4.74 Å². The number of methoxy groups -OCH3 is 1. The molecule has 3 heteroatoms. The van der Waals surface area contributed by atoms with Crippen LogP contribution in [-0.4, -0.2) is 13.1 Å². The minimum Gasteiger partial charge on any atom is -0.497 e. The summed E-state index contributed by atoms with van der Waals surface area (Å²) < 4.78 is 11.0. The predicted molar refractivity (Wildman–Crippen MR) is 89.5 cm³/mol. The van der Waals surface area contributed by atoms with Gasteiger partial charge in [-0.3, -0.25) is 0 Å². The van der Waals surface area contributed by atoms with Crippen molar-refractivity contribution in [1.29, 1.82) is 0 Å². The minimum atomic E-state index is -0.358. The van der Waals surface area contributed by atoms with Gasteiger partial charge in [-0.05, 0) is 35.4 Å². The predicted octanol–water partition coefficient (Wildman–Crippen LogP) is 4.56. The molecule has 1 aliphatic rings. The van der Waals surface area contributed by atoms with Gasteiger partial charge in [-0.15, -0.1) is 0 Å². The van der Waals surface area contributed by atoms with E-state index in [1.807, 2.05) is 42.5 Å². The highest BCUT2D eigenvalue weighted by atomic mass is 16.5. The van der Waals surface area contributed by atoms with E-state index in [1.54, 1.807) is 19.2 Å². The van der Waals surface area contributed by atoms with Gasteiger partial charge in [-0.25, -0.2) is 4.79 Å². The Balaban J connectivity index is 1.84. The van der Waals surface area contributed by atoms with Crippen LogP contribution in [0.25, 0.3) is 0 Å². The van der Waals surface area contributed by atoms with Crippen molar-refractivity contribution in [2.45, 2.75) is 20.0 Å². The first-order valence-corrected chi connectivity index (χ1v) is 7.64. The van der Waals surface area contributed by atoms with Crippen molar-refractivity contribution in [3.8, 4) is 5.75 Å². The zero-order valence-corrected chi connectivity index (χ0v) is 13.6. The number of ether oxygens (including phenoxy) is 2. The molecule has 0 saturated heterocycles. The van der Waals surface area contributed by atoms with Crippen LogP contribution in [0.1, 0.15) is 35.9 Å². The van der Waals surface area contributed by atoms with Crippen LogP contribution in [0.4, 0.5) is 0 Å². The van der Waals surface area contributed by atoms with Crippen LogP contribution >= 0.6 is 0 Å². The number of benzene rings is 2. The maximum atomic E-state index is 12.4. The Bertz CT molecular complexity index is 727. The van der Waals surface area contributed by atoms with E-state index in [4.69, 9.17) is 9.47 Å². The van der Waals surface area contributed by atoms with Crippen molar-refractivity contribution >= 4 is 5.97 Å². The van der Waals surface area contributed by atoms with Gasteiger partial charge in [0.25, 0.3) is 0 Å². The SMILES string of the molecule is COc1ccc(C(OC(=O)c2ccccc2)C2=CC2(C)C)cc1. The topological polar surface area (TPSA) is 35.5 Å². The lowest BCUT2D eigenvalue weighted by atomic mass is 9.98. The Morgan fingerprint density at radius 1 is 1.00 bits per heavy atom. The first-order valence-electron chi connectivity index (χ1n) is 7.64. The number of allylic oxidation sites excluding steroid dienone is 1. The second kappa shape index (κ2) is 5.92. The van der Waals surface area contributed by atoms with E-state index < -0.39 is 0 Å². The van der Waals surface area contributed by atoms with Crippen LogP contribution in [0.5, 0.6) is 5.75 Å². The molecule has 2 aromatic rings. The van der Waals surface area contributed by atoms with Gasteiger partial charge in [-0.1, -0.05) is 50.3 Å². The first-order chi connectivity index (χ1) is 11.0. The molecular formula is C20H20O3. The third kappa shape index (κ3) is 3.29. The number of carbonyl (C=O) groups is 1.